The van der Waals surface area contributed by atoms with Crippen molar-refractivity contribution in [2.24, 2.45) is 0 Å². The second kappa shape index (κ2) is 5.14. The third-order valence-electron chi connectivity index (χ3n) is 3.26. The number of halogens is 2. The number of hydrogen-bond acceptors (Lipinski definition) is 2. The van der Waals surface area contributed by atoms with E-state index in [9.17, 15) is 4.79 Å². The molecule has 0 aliphatic carbocycles. The number of carbonyl (C=O) groups is 1. The molecule has 0 radical (unpaired) electrons. The predicted octanol–water partition coefficient (Wildman–Crippen LogP) is 4.35. The van der Waals surface area contributed by atoms with Crippen LogP contribution in [0.4, 0.5) is 10.5 Å². The largest absolute Gasteiger partial charge is 0.452 e. The number of carbonyl (C=O) groups excluding carboxylic acids is 1. The zero-order chi connectivity index (χ0) is 14.3. The highest BCUT2D eigenvalue weighted by molar-refractivity contribution is 9.10. The molecular formula is C14H12BrClN2O2. The monoisotopic (exact) mass is 354 g/mol. The quantitative estimate of drug-likeness (QED) is 0.814. The average molecular weight is 356 g/mol. The Morgan fingerprint density at radius 2 is 2.20 bits per heavy atom. The molecule has 0 spiro atoms. The van der Waals surface area contributed by atoms with Gasteiger partial charge in [-0.3, -0.25) is 0 Å². The van der Waals surface area contributed by atoms with Gasteiger partial charge in [0.05, 0.1) is 0 Å². The van der Waals surface area contributed by atoms with Gasteiger partial charge < -0.3 is 14.6 Å². The summed E-state index contributed by atoms with van der Waals surface area (Å²) in [5.41, 5.74) is 2.82. The van der Waals surface area contributed by atoms with Gasteiger partial charge in [-0.05, 0) is 51.3 Å². The Morgan fingerprint density at radius 3 is 2.90 bits per heavy atom. The lowest BCUT2D eigenvalue weighted by Crippen LogP contribution is -2.35. The summed E-state index contributed by atoms with van der Waals surface area (Å²) < 4.78 is 6.14. The Kier molecular flexibility index (Phi) is 3.48. The summed E-state index contributed by atoms with van der Waals surface area (Å²) in [5, 5.41) is 2.48. The number of hydrogen-bond donors (Lipinski definition) is 1. The molecule has 1 aromatic heterocycles. The van der Waals surface area contributed by atoms with Gasteiger partial charge in [0.15, 0.2) is 4.67 Å². The highest BCUT2D eigenvalue weighted by atomic mass is 79.9. The fourth-order valence-electron chi connectivity index (χ4n) is 2.19. The van der Waals surface area contributed by atoms with E-state index < -0.39 is 0 Å². The van der Waals surface area contributed by atoms with Crippen LogP contribution < -0.4 is 5.32 Å². The lowest BCUT2D eigenvalue weighted by molar-refractivity contribution is 0.218. The minimum atomic E-state index is -0.352. The van der Waals surface area contributed by atoms with Gasteiger partial charge in [-0.25, -0.2) is 4.79 Å². The SMILES string of the molecule is CN1Cc2cc(C(Cl)c3ccc(Br)o3)ccc2NC1=O. The molecule has 6 heteroatoms. The Bertz CT molecular complexity index is 671. The van der Waals surface area contributed by atoms with Crippen molar-refractivity contribution in [3.8, 4) is 0 Å². The molecule has 1 unspecified atom stereocenters. The second-order valence-electron chi connectivity index (χ2n) is 4.71. The average Bonchev–Trinajstić information content (AvgIpc) is 2.85. The van der Waals surface area contributed by atoms with Crippen molar-refractivity contribution >= 4 is 39.2 Å². The molecule has 0 saturated heterocycles. The Morgan fingerprint density at radius 1 is 1.40 bits per heavy atom. The molecule has 1 aromatic carbocycles. The normalized spacial score (nSPS) is 15.8. The number of anilines is 1. The summed E-state index contributed by atoms with van der Waals surface area (Å²) in [6.07, 6.45) is 0. The molecular weight excluding hydrogens is 344 g/mol. The summed E-state index contributed by atoms with van der Waals surface area (Å²) in [6.45, 7) is 0.570. The summed E-state index contributed by atoms with van der Waals surface area (Å²) in [7, 11) is 1.76. The van der Waals surface area contributed by atoms with E-state index in [4.69, 9.17) is 16.0 Å². The number of benzene rings is 1. The van der Waals surface area contributed by atoms with Gasteiger partial charge >= 0.3 is 6.03 Å². The first-order chi connectivity index (χ1) is 9.54. The van der Waals surface area contributed by atoms with Gasteiger partial charge in [-0.1, -0.05) is 6.07 Å². The first-order valence-electron chi connectivity index (χ1n) is 6.09. The number of amides is 2. The molecule has 1 N–H and O–H groups in total. The van der Waals surface area contributed by atoms with Gasteiger partial charge in [-0.2, -0.15) is 0 Å². The lowest BCUT2D eigenvalue weighted by Gasteiger charge is -2.26. The molecule has 1 aliphatic heterocycles. The zero-order valence-corrected chi connectivity index (χ0v) is 13.0. The third kappa shape index (κ3) is 2.43. The van der Waals surface area contributed by atoms with Gasteiger partial charge in [-0.15, -0.1) is 11.6 Å². The van der Waals surface area contributed by atoms with E-state index in [1.54, 1.807) is 11.9 Å². The van der Waals surface area contributed by atoms with Crippen LogP contribution in [0.2, 0.25) is 0 Å². The Labute approximate surface area is 129 Å². The second-order valence-corrected chi connectivity index (χ2v) is 5.93. The molecule has 0 fully saturated rings. The fraction of sp³-hybridized carbons (Fsp3) is 0.214. The van der Waals surface area contributed by atoms with Crippen molar-refractivity contribution in [1.29, 1.82) is 0 Å². The van der Waals surface area contributed by atoms with Crippen molar-refractivity contribution in [2.75, 3.05) is 12.4 Å². The summed E-state index contributed by atoms with van der Waals surface area (Å²) >= 11 is 9.71. The van der Waals surface area contributed by atoms with E-state index >= 15 is 0 Å². The summed E-state index contributed by atoms with van der Waals surface area (Å²) in [6, 6.07) is 9.34. The van der Waals surface area contributed by atoms with E-state index in [0.29, 0.717) is 17.0 Å². The predicted molar refractivity (Wildman–Crippen MR) is 81.0 cm³/mol. The van der Waals surface area contributed by atoms with Crippen molar-refractivity contribution in [2.45, 2.75) is 11.9 Å². The van der Waals surface area contributed by atoms with Crippen molar-refractivity contribution in [1.82, 2.24) is 4.90 Å². The Hall–Kier alpha value is -1.46. The molecule has 2 heterocycles. The molecule has 1 atom stereocenters. The summed E-state index contributed by atoms with van der Waals surface area (Å²) in [4.78, 5) is 13.2. The van der Waals surface area contributed by atoms with Crippen LogP contribution in [-0.4, -0.2) is 18.0 Å². The number of fused-ring (bicyclic) bond motifs is 1. The van der Waals surface area contributed by atoms with Gasteiger partial charge in [0.2, 0.25) is 0 Å². The molecule has 0 bridgehead atoms. The van der Waals surface area contributed by atoms with E-state index in [0.717, 1.165) is 16.8 Å². The maximum atomic E-state index is 11.6. The van der Waals surface area contributed by atoms with E-state index in [2.05, 4.69) is 21.2 Å². The smallest absolute Gasteiger partial charge is 0.321 e. The molecule has 0 saturated carbocycles. The number of rotatable bonds is 2. The number of nitrogens with one attached hydrogen (secondary N) is 1. The molecule has 20 heavy (non-hydrogen) atoms. The van der Waals surface area contributed by atoms with Crippen LogP contribution in [-0.2, 0) is 6.54 Å². The number of nitrogens with zero attached hydrogens (tertiary/aromatic N) is 1. The molecule has 3 rings (SSSR count). The molecule has 104 valence electrons. The van der Waals surface area contributed by atoms with Gasteiger partial charge in [0.25, 0.3) is 0 Å². The minimum absolute atomic E-state index is 0.0948. The maximum Gasteiger partial charge on any atom is 0.321 e. The maximum absolute atomic E-state index is 11.6. The van der Waals surface area contributed by atoms with E-state index in [-0.39, 0.29) is 11.4 Å². The number of urea groups is 1. The molecule has 2 aromatic rings. The zero-order valence-electron chi connectivity index (χ0n) is 10.7. The fourth-order valence-corrected chi connectivity index (χ4v) is 2.76. The van der Waals surface area contributed by atoms with Crippen molar-refractivity contribution in [3.63, 3.8) is 0 Å². The van der Waals surface area contributed by atoms with Gasteiger partial charge in [0.1, 0.15) is 11.1 Å². The van der Waals surface area contributed by atoms with Gasteiger partial charge in [0, 0.05) is 19.3 Å². The first-order valence-corrected chi connectivity index (χ1v) is 7.32. The lowest BCUT2D eigenvalue weighted by atomic mass is 10.0. The van der Waals surface area contributed by atoms with Crippen LogP contribution in [0.3, 0.4) is 0 Å². The molecule has 4 nitrogen and oxygen atoms in total. The number of alkyl halides is 1. The standard InChI is InChI=1S/C14H12BrClN2O2/c1-18-7-9-6-8(2-3-10(9)17-14(18)19)13(16)11-4-5-12(15)20-11/h2-6,13H,7H2,1H3,(H,17,19). The first kappa shape index (κ1) is 13.5. The number of furan rings is 1. The molecule has 2 amide bonds. The minimum Gasteiger partial charge on any atom is -0.452 e. The summed E-state index contributed by atoms with van der Waals surface area (Å²) in [5.74, 6) is 0.687. The highest BCUT2D eigenvalue weighted by Gasteiger charge is 2.22. The van der Waals surface area contributed by atoms with E-state index in [1.165, 1.54) is 0 Å². The molecule has 1 aliphatic rings. The highest BCUT2D eigenvalue weighted by Crippen LogP contribution is 2.34. The van der Waals surface area contributed by atoms with E-state index in [1.807, 2.05) is 30.3 Å². The van der Waals surface area contributed by atoms with Crippen LogP contribution in [0.1, 0.15) is 22.3 Å². The topological polar surface area (TPSA) is 45.5 Å². The van der Waals surface area contributed by atoms with Crippen LogP contribution in [0.5, 0.6) is 0 Å². The van der Waals surface area contributed by atoms with Crippen LogP contribution in [0, 0.1) is 0 Å². The van der Waals surface area contributed by atoms with Crippen LogP contribution in [0.25, 0.3) is 0 Å². The van der Waals surface area contributed by atoms with Crippen LogP contribution >= 0.6 is 27.5 Å². The van der Waals surface area contributed by atoms with Crippen LogP contribution in [0.15, 0.2) is 39.4 Å². The Balaban J connectivity index is 1.92. The third-order valence-corrected chi connectivity index (χ3v) is 4.15. The van der Waals surface area contributed by atoms with Crippen molar-refractivity contribution < 1.29 is 9.21 Å². The van der Waals surface area contributed by atoms with Crippen molar-refractivity contribution in [3.05, 3.63) is 51.9 Å².